The number of nitrogens with zero attached hydrogens (tertiary/aromatic N) is 1. The van der Waals surface area contributed by atoms with E-state index in [-0.39, 0.29) is 6.03 Å². The molecule has 3 N–H and O–H groups in total. The molecule has 2 amide bonds. The Morgan fingerprint density at radius 1 is 1.04 bits per heavy atom. The summed E-state index contributed by atoms with van der Waals surface area (Å²) in [6, 6.07) is 15.8. The van der Waals surface area contributed by atoms with Crippen LogP contribution in [0.4, 0.5) is 21.9 Å². The van der Waals surface area contributed by atoms with Crippen molar-refractivity contribution in [2.24, 2.45) is 0 Å². The second kappa shape index (κ2) is 8.53. The van der Waals surface area contributed by atoms with Crippen LogP contribution in [0, 0.1) is 0 Å². The van der Waals surface area contributed by atoms with Gasteiger partial charge in [0.2, 0.25) is 0 Å². The van der Waals surface area contributed by atoms with Gasteiger partial charge in [-0.2, -0.15) is 0 Å². The third-order valence-electron chi connectivity index (χ3n) is 4.39. The molecular weight excluding hydrogens is 312 g/mol. The molecule has 0 bridgehead atoms. The fourth-order valence-corrected chi connectivity index (χ4v) is 3.09. The van der Waals surface area contributed by atoms with Crippen molar-refractivity contribution in [1.82, 2.24) is 5.32 Å². The summed E-state index contributed by atoms with van der Waals surface area (Å²) in [5.74, 6) is 0. The van der Waals surface area contributed by atoms with Gasteiger partial charge in [-0.3, -0.25) is 0 Å². The van der Waals surface area contributed by atoms with E-state index in [2.05, 4.69) is 46.0 Å². The second-order valence-electron chi connectivity index (χ2n) is 6.27. The molecule has 0 unspecified atom stereocenters. The van der Waals surface area contributed by atoms with E-state index in [0.717, 1.165) is 56.0 Å². The number of carbonyl (C=O) groups excluding carboxylic acids is 1. The molecule has 0 radical (unpaired) electrons. The highest BCUT2D eigenvalue weighted by Gasteiger charge is 2.11. The molecule has 3 rings (SSSR count). The van der Waals surface area contributed by atoms with Crippen molar-refractivity contribution in [3.05, 3.63) is 54.1 Å². The van der Waals surface area contributed by atoms with E-state index in [9.17, 15) is 4.79 Å². The summed E-state index contributed by atoms with van der Waals surface area (Å²) < 4.78 is 0. The molecule has 0 aliphatic carbocycles. The largest absolute Gasteiger partial charge is 0.369 e. The molecule has 25 heavy (non-hydrogen) atoms. The quantitative estimate of drug-likeness (QED) is 0.779. The Hall–Kier alpha value is -2.53. The van der Waals surface area contributed by atoms with E-state index in [1.54, 1.807) is 0 Å². The highest BCUT2D eigenvalue weighted by molar-refractivity contribution is 6.00. The number of para-hydroxylation sites is 1. The number of rotatable bonds is 5. The van der Waals surface area contributed by atoms with Gasteiger partial charge in [-0.05, 0) is 42.3 Å². The van der Waals surface area contributed by atoms with Crippen LogP contribution in [0.5, 0.6) is 0 Å². The molecule has 1 fully saturated rings. The number of hydrogen-bond donors (Lipinski definition) is 3. The van der Waals surface area contributed by atoms with Gasteiger partial charge in [-0.1, -0.05) is 31.5 Å². The summed E-state index contributed by atoms with van der Waals surface area (Å²) in [6.07, 6.45) is 2.00. The van der Waals surface area contributed by atoms with Crippen molar-refractivity contribution in [3.8, 4) is 0 Å². The van der Waals surface area contributed by atoms with Crippen molar-refractivity contribution in [1.29, 1.82) is 0 Å². The van der Waals surface area contributed by atoms with Gasteiger partial charge in [0.05, 0.1) is 0 Å². The van der Waals surface area contributed by atoms with Crippen LogP contribution in [0.2, 0.25) is 0 Å². The van der Waals surface area contributed by atoms with E-state index in [1.165, 1.54) is 5.69 Å². The first-order valence-corrected chi connectivity index (χ1v) is 8.98. The van der Waals surface area contributed by atoms with Gasteiger partial charge in [-0.15, -0.1) is 0 Å². The number of aryl methyl sites for hydroxylation is 1. The zero-order valence-corrected chi connectivity index (χ0v) is 14.7. The van der Waals surface area contributed by atoms with Gasteiger partial charge in [0.25, 0.3) is 0 Å². The maximum Gasteiger partial charge on any atom is 0.323 e. The maximum absolute atomic E-state index is 12.3. The second-order valence-corrected chi connectivity index (χ2v) is 6.27. The van der Waals surface area contributed by atoms with Crippen LogP contribution in [-0.2, 0) is 6.42 Å². The van der Waals surface area contributed by atoms with Crippen LogP contribution < -0.4 is 20.9 Å². The summed E-state index contributed by atoms with van der Waals surface area (Å²) in [7, 11) is 0. The SMILES string of the molecule is CCCc1ccccc1NC(=O)Nc1ccc(N2CCNCC2)cc1. The molecule has 5 nitrogen and oxygen atoms in total. The predicted molar refractivity (Wildman–Crippen MR) is 105 cm³/mol. The van der Waals surface area contributed by atoms with Gasteiger partial charge in [0, 0.05) is 43.2 Å². The molecule has 0 spiro atoms. The van der Waals surface area contributed by atoms with E-state index in [4.69, 9.17) is 0 Å². The Morgan fingerprint density at radius 3 is 2.48 bits per heavy atom. The Morgan fingerprint density at radius 2 is 1.76 bits per heavy atom. The lowest BCUT2D eigenvalue weighted by atomic mass is 10.1. The van der Waals surface area contributed by atoms with Crippen LogP contribution in [0.3, 0.4) is 0 Å². The zero-order chi connectivity index (χ0) is 17.5. The fraction of sp³-hybridized carbons (Fsp3) is 0.350. The minimum Gasteiger partial charge on any atom is -0.369 e. The van der Waals surface area contributed by atoms with Crippen LogP contribution in [-0.4, -0.2) is 32.2 Å². The normalized spacial score (nSPS) is 14.2. The molecular formula is C20H26N4O. The third kappa shape index (κ3) is 4.73. The number of nitrogens with one attached hydrogen (secondary N) is 3. The van der Waals surface area contributed by atoms with Gasteiger partial charge >= 0.3 is 6.03 Å². The molecule has 5 heteroatoms. The zero-order valence-electron chi connectivity index (χ0n) is 14.7. The first-order valence-electron chi connectivity index (χ1n) is 8.98. The molecule has 2 aromatic carbocycles. The van der Waals surface area contributed by atoms with Gasteiger partial charge in [0.1, 0.15) is 0 Å². The van der Waals surface area contributed by atoms with Crippen molar-refractivity contribution >= 4 is 23.1 Å². The number of piperazine rings is 1. The molecule has 1 heterocycles. The highest BCUT2D eigenvalue weighted by Crippen LogP contribution is 2.20. The number of hydrogen-bond acceptors (Lipinski definition) is 3. The summed E-state index contributed by atoms with van der Waals surface area (Å²) in [6.45, 7) is 6.19. The van der Waals surface area contributed by atoms with Crippen LogP contribution >= 0.6 is 0 Å². The lowest BCUT2D eigenvalue weighted by Crippen LogP contribution is -2.43. The number of urea groups is 1. The molecule has 1 aliphatic heterocycles. The lowest BCUT2D eigenvalue weighted by molar-refractivity contribution is 0.262. The maximum atomic E-state index is 12.3. The van der Waals surface area contributed by atoms with Crippen LogP contribution in [0.1, 0.15) is 18.9 Å². The first-order chi connectivity index (χ1) is 12.3. The molecule has 132 valence electrons. The van der Waals surface area contributed by atoms with E-state index in [1.807, 2.05) is 30.3 Å². The van der Waals surface area contributed by atoms with E-state index in [0.29, 0.717) is 0 Å². The summed E-state index contributed by atoms with van der Waals surface area (Å²) in [5, 5.41) is 9.21. The standard InChI is InChI=1S/C20H26N4O/c1-2-5-16-6-3-4-7-19(16)23-20(25)22-17-8-10-18(11-9-17)24-14-12-21-13-15-24/h3-4,6-11,21H,2,5,12-15H2,1H3,(H2,22,23,25). The number of amides is 2. The van der Waals surface area contributed by atoms with Crippen molar-refractivity contribution in [2.45, 2.75) is 19.8 Å². The summed E-state index contributed by atoms with van der Waals surface area (Å²) in [5.41, 5.74) is 4.03. The number of carbonyl (C=O) groups is 1. The lowest BCUT2D eigenvalue weighted by Gasteiger charge is -2.29. The number of anilines is 3. The Balaban J connectivity index is 1.59. The van der Waals surface area contributed by atoms with Crippen molar-refractivity contribution in [3.63, 3.8) is 0 Å². The van der Waals surface area contributed by atoms with Crippen LogP contribution in [0.15, 0.2) is 48.5 Å². The van der Waals surface area contributed by atoms with E-state index >= 15 is 0 Å². The number of benzene rings is 2. The average Bonchev–Trinajstić information content (AvgIpc) is 2.65. The summed E-state index contributed by atoms with van der Waals surface area (Å²) in [4.78, 5) is 14.6. The topological polar surface area (TPSA) is 56.4 Å². The monoisotopic (exact) mass is 338 g/mol. The fourth-order valence-electron chi connectivity index (χ4n) is 3.09. The minimum absolute atomic E-state index is 0.210. The highest BCUT2D eigenvalue weighted by atomic mass is 16.2. The smallest absolute Gasteiger partial charge is 0.323 e. The Kier molecular flexibility index (Phi) is 5.90. The first kappa shape index (κ1) is 17.3. The molecule has 0 atom stereocenters. The Labute approximate surface area is 149 Å². The van der Waals surface area contributed by atoms with Crippen molar-refractivity contribution in [2.75, 3.05) is 41.7 Å². The Bertz CT molecular complexity index is 693. The predicted octanol–water partition coefficient (Wildman–Crippen LogP) is 3.69. The molecule has 0 aromatic heterocycles. The molecule has 2 aromatic rings. The van der Waals surface area contributed by atoms with Gasteiger partial charge in [-0.25, -0.2) is 4.79 Å². The minimum atomic E-state index is -0.210. The molecule has 1 saturated heterocycles. The van der Waals surface area contributed by atoms with E-state index < -0.39 is 0 Å². The summed E-state index contributed by atoms with van der Waals surface area (Å²) >= 11 is 0. The van der Waals surface area contributed by atoms with Crippen molar-refractivity contribution < 1.29 is 4.79 Å². The third-order valence-corrected chi connectivity index (χ3v) is 4.39. The van der Waals surface area contributed by atoms with Gasteiger partial charge < -0.3 is 20.9 Å². The average molecular weight is 338 g/mol. The van der Waals surface area contributed by atoms with Gasteiger partial charge in [0.15, 0.2) is 0 Å². The van der Waals surface area contributed by atoms with Crippen LogP contribution in [0.25, 0.3) is 0 Å². The molecule has 0 saturated carbocycles. The molecule has 1 aliphatic rings.